The van der Waals surface area contributed by atoms with Crippen molar-refractivity contribution < 1.29 is 29.0 Å². The van der Waals surface area contributed by atoms with Crippen LogP contribution in [0.2, 0.25) is 0 Å². The summed E-state index contributed by atoms with van der Waals surface area (Å²) in [5.74, 6) is -2.21. The standard InChI is InChI=1S/C43H45N3O6/c1-5-25-44(32-19-21-34(22-20-32)51-7-3)39(48)36-37-40(49)46(35(28-47)30-14-9-8-10-15-30)38(43(37)24-23-42(36,4)52-43)41(50)45(26-6-2)33-18-17-29-13-11-12-16-31(29)27-33/h5-6,8-22,27,35-38,47H,1-2,7,23-26,28H2,3-4H3/t35-,36+,37+,38?,42-,43?/m1/s1. The average Bonchev–Trinajstić information content (AvgIpc) is 3.74. The van der Waals surface area contributed by atoms with Crippen molar-refractivity contribution in [3.8, 4) is 5.75 Å². The molecule has 0 aromatic heterocycles. The van der Waals surface area contributed by atoms with E-state index in [4.69, 9.17) is 9.47 Å². The van der Waals surface area contributed by atoms with Gasteiger partial charge in [-0.2, -0.15) is 0 Å². The van der Waals surface area contributed by atoms with E-state index in [1.54, 1.807) is 22.0 Å². The van der Waals surface area contributed by atoms with E-state index in [0.717, 1.165) is 10.8 Å². The third-order valence-corrected chi connectivity index (χ3v) is 11.1. The highest BCUT2D eigenvalue weighted by molar-refractivity contribution is 6.07. The van der Waals surface area contributed by atoms with Gasteiger partial charge in [-0.1, -0.05) is 72.8 Å². The number of amides is 3. The Kier molecular flexibility index (Phi) is 9.50. The number of aliphatic hydroxyl groups is 1. The Morgan fingerprint density at radius 2 is 1.54 bits per heavy atom. The molecule has 268 valence electrons. The van der Waals surface area contributed by atoms with E-state index in [1.165, 1.54) is 4.90 Å². The summed E-state index contributed by atoms with van der Waals surface area (Å²) in [5, 5.41) is 13.0. The predicted molar refractivity (Wildman–Crippen MR) is 202 cm³/mol. The molecular formula is C43H45N3O6. The first kappa shape index (κ1) is 35.2. The quantitative estimate of drug-likeness (QED) is 0.161. The number of nitrogens with zero attached hydrogens (tertiary/aromatic N) is 3. The molecule has 4 aromatic carbocycles. The molecule has 0 radical (unpaired) electrons. The Morgan fingerprint density at radius 3 is 2.19 bits per heavy atom. The maximum atomic E-state index is 15.3. The molecule has 0 saturated carbocycles. The van der Waals surface area contributed by atoms with Crippen molar-refractivity contribution in [2.45, 2.75) is 50.0 Å². The van der Waals surface area contributed by atoms with E-state index < -0.39 is 41.7 Å². The molecule has 3 aliphatic heterocycles. The van der Waals surface area contributed by atoms with Crippen LogP contribution in [0.25, 0.3) is 10.8 Å². The lowest BCUT2D eigenvalue weighted by atomic mass is 9.66. The Labute approximate surface area is 304 Å². The van der Waals surface area contributed by atoms with Crippen LogP contribution in [0, 0.1) is 11.8 Å². The molecule has 6 atom stereocenters. The minimum Gasteiger partial charge on any atom is -0.494 e. The number of anilines is 2. The van der Waals surface area contributed by atoms with Gasteiger partial charge in [-0.25, -0.2) is 0 Å². The highest BCUT2D eigenvalue weighted by Gasteiger charge is 2.79. The van der Waals surface area contributed by atoms with Crippen LogP contribution >= 0.6 is 0 Å². The van der Waals surface area contributed by atoms with E-state index in [1.807, 2.05) is 111 Å². The van der Waals surface area contributed by atoms with Gasteiger partial charge in [0.15, 0.2) is 0 Å². The maximum Gasteiger partial charge on any atom is 0.253 e. The fourth-order valence-corrected chi connectivity index (χ4v) is 8.84. The number of aliphatic hydroxyl groups excluding tert-OH is 1. The van der Waals surface area contributed by atoms with Gasteiger partial charge in [0.1, 0.15) is 17.4 Å². The van der Waals surface area contributed by atoms with Crippen molar-refractivity contribution in [3.05, 3.63) is 128 Å². The third-order valence-electron chi connectivity index (χ3n) is 11.1. The lowest BCUT2D eigenvalue weighted by molar-refractivity contribution is -0.148. The molecule has 4 aromatic rings. The zero-order valence-electron chi connectivity index (χ0n) is 29.7. The number of benzene rings is 4. The van der Waals surface area contributed by atoms with Gasteiger partial charge >= 0.3 is 0 Å². The molecule has 3 heterocycles. The van der Waals surface area contributed by atoms with Gasteiger partial charge in [-0.05, 0) is 79.4 Å². The zero-order chi connectivity index (χ0) is 36.6. The Hall–Kier alpha value is -5.25. The largest absolute Gasteiger partial charge is 0.494 e. The average molecular weight is 700 g/mol. The smallest absolute Gasteiger partial charge is 0.253 e. The second-order valence-corrected chi connectivity index (χ2v) is 14.0. The molecule has 52 heavy (non-hydrogen) atoms. The van der Waals surface area contributed by atoms with Crippen molar-refractivity contribution in [1.29, 1.82) is 0 Å². The SMILES string of the molecule is C=CCN(C(=O)C1N([C@H](CO)c2ccccc2)C(=O)[C@@H]2[C@@H](C(=O)N(CC=C)c3ccc(OCC)cc3)[C@@]3(C)CCC12O3)c1ccc2ccccc2c1. The number of ether oxygens (including phenoxy) is 2. The molecule has 1 N–H and O–H groups in total. The van der Waals surface area contributed by atoms with Gasteiger partial charge in [-0.15, -0.1) is 13.2 Å². The van der Waals surface area contributed by atoms with E-state index >= 15 is 9.59 Å². The Balaban J connectivity index is 1.35. The normalized spacial score (nSPS) is 25.1. The molecule has 3 saturated heterocycles. The number of likely N-dealkylation sites (tertiary alicyclic amines) is 1. The maximum absolute atomic E-state index is 15.3. The molecule has 3 aliphatic rings. The Bertz CT molecular complexity index is 2000. The first-order valence-corrected chi connectivity index (χ1v) is 18.0. The van der Waals surface area contributed by atoms with Crippen LogP contribution in [-0.4, -0.2) is 71.3 Å². The van der Waals surface area contributed by atoms with Crippen molar-refractivity contribution in [2.75, 3.05) is 36.1 Å². The summed E-state index contributed by atoms with van der Waals surface area (Å²) in [7, 11) is 0. The summed E-state index contributed by atoms with van der Waals surface area (Å²) in [5.41, 5.74) is -0.370. The van der Waals surface area contributed by atoms with E-state index in [2.05, 4.69) is 13.2 Å². The lowest BCUT2D eigenvalue weighted by Gasteiger charge is -2.39. The van der Waals surface area contributed by atoms with Crippen molar-refractivity contribution in [1.82, 2.24) is 4.90 Å². The fraction of sp³-hybridized carbons (Fsp3) is 0.326. The molecule has 9 nitrogen and oxygen atoms in total. The molecule has 2 bridgehead atoms. The predicted octanol–water partition coefficient (Wildman–Crippen LogP) is 6.48. The number of rotatable bonds is 13. The lowest BCUT2D eigenvalue weighted by Crippen LogP contribution is -2.57. The van der Waals surface area contributed by atoms with E-state index in [-0.39, 0.29) is 30.8 Å². The van der Waals surface area contributed by atoms with Crippen LogP contribution in [0.4, 0.5) is 11.4 Å². The number of hydrogen-bond donors (Lipinski definition) is 1. The van der Waals surface area contributed by atoms with Gasteiger partial charge in [0.05, 0.1) is 36.7 Å². The molecule has 9 heteroatoms. The van der Waals surface area contributed by atoms with Gasteiger partial charge in [0, 0.05) is 24.5 Å². The summed E-state index contributed by atoms with van der Waals surface area (Å²) >= 11 is 0. The monoisotopic (exact) mass is 699 g/mol. The second-order valence-electron chi connectivity index (χ2n) is 14.0. The highest BCUT2D eigenvalue weighted by atomic mass is 16.5. The number of carbonyl (C=O) groups is 3. The first-order chi connectivity index (χ1) is 25.2. The fourth-order valence-electron chi connectivity index (χ4n) is 8.84. The summed E-state index contributed by atoms with van der Waals surface area (Å²) in [6, 6.07) is 28.2. The van der Waals surface area contributed by atoms with Crippen LogP contribution < -0.4 is 14.5 Å². The first-order valence-electron chi connectivity index (χ1n) is 18.0. The third kappa shape index (κ3) is 5.68. The summed E-state index contributed by atoms with van der Waals surface area (Å²) in [4.78, 5) is 50.2. The second kappa shape index (κ2) is 14.1. The van der Waals surface area contributed by atoms with E-state index in [9.17, 15) is 9.90 Å². The summed E-state index contributed by atoms with van der Waals surface area (Å²) < 4.78 is 12.6. The number of carbonyl (C=O) groups excluding carboxylic acids is 3. The molecule has 1 spiro atoms. The number of fused-ring (bicyclic) bond motifs is 2. The van der Waals surface area contributed by atoms with Crippen LogP contribution in [0.1, 0.15) is 38.3 Å². The molecule has 3 fully saturated rings. The molecule has 2 unspecified atom stereocenters. The molecule has 7 rings (SSSR count). The summed E-state index contributed by atoms with van der Waals surface area (Å²) in [6.45, 7) is 12.1. The van der Waals surface area contributed by atoms with E-state index in [0.29, 0.717) is 42.1 Å². The van der Waals surface area contributed by atoms with Crippen LogP contribution in [-0.2, 0) is 19.1 Å². The molecule has 3 amide bonds. The molecule has 0 aliphatic carbocycles. The topological polar surface area (TPSA) is 99.6 Å². The highest BCUT2D eigenvalue weighted by Crippen LogP contribution is 2.64. The minimum atomic E-state index is -1.32. The van der Waals surface area contributed by atoms with Crippen molar-refractivity contribution in [2.24, 2.45) is 11.8 Å². The van der Waals surface area contributed by atoms with Crippen molar-refractivity contribution >= 4 is 39.9 Å². The van der Waals surface area contributed by atoms with Crippen LogP contribution in [0.15, 0.2) is 122 Å². The van der Waals surface area contributed by atoms with Gasteiger partial charge in [0.2, 0.25) is 11.8 Å². The minimum absolute atomic E-state index is 0.177. The zero-order valence-corrected chi connectivity index (χ0v) is 29.7. The van der Waals surface area contributed by atoms with Crippen LogP contribution in [0.3, 0.4) is 0 Å². The van der Waals surface area contributed by atoms with Crippen molar-refractivity contribution in [3.63, 3.8) is 0 Å². The Morgan fingerprint density at radius 1 is 0.904 bits per heavy atom. The van der Waals surface area contributed by atoms with Crippen LogP contribution in [0.5, 0.6) is 5.75 Å². The number of hydrogen-bond acceptors (Lipinski definition) is 6. The van der Waals surface area contributed by atoms with Gasteiger partial charge in [0.25, 0.3) is 5.91 Å². The molecular weight excluding hydrogens is 654 g/mol. The van der Waals surface area contributed by atoms with Gasteiger partial charge in [-0.3, -0.25) is 14.4 Å². The van der Waals surface area contributed by atoms with Gasteiger partial charge < -0.3 is 29.3 Å². The summed E-state index contributed by atoms with van der Waals surface area (Å²) in [6.07, 6.45) is 4.19.